The predicted octanol–water partition coefficient (Wildman–Crippen LogP) is 1.40. The number of hydrogen-bond acceptors (Lipinski definition) is 3. The highest BCUT2D eigenvalue weighted by molar-refractivity contribution is 6.04. The number of carboxylic acid groups (broad SMARTS) is 1. The van der Waals surface area contributed by atoms with Gasteiger partial charge in [0.1, 0.15) is 0 Å². The Bertz CT molecular complexity index is 632. The lowest BCUT2D eigenvalue weighted by molar-refractivity contribution is 0.0698. The fraction of sp³-hybridized carbons (Fsp3) is 0.400. The smallest absolute Gasteiger partial charge is 0.337 e. The largest absolute Gasteiger partial charge is 0.478 e. The second-order valence-electron chi connectivity index (χ2n) is 4.81. The second-order valence-corrected chi connectivity index (χ2v) is 4.81. The maximum absolute atomic E-state index is 11.5. The quantitative estimate of drug-likeness (QED) is 0.744. The molecule has 0 saturated heterocycles. The summed E-state index contributed by atoms with van der Waals surface area (Å²) in [7, 11) is 0. The van der Waals surface area contributed by atoms with E-state index in [1.165, 1.54) is 0 Å². The van der Waals surface area contributed by atoms with E-state index in [0.29, 0.717) is 25.0 Å². The molecule has 5 nitrogen and oxygen atoms in total. The minimum Gasteiger partial charge on any atom is -0.478 e. The molecule has 20 heavy (non-hydrogen) atoms. The van der Waals surface area contributed by atoms with Crippen LogP contribution < -0.4 is 5.73 Å². The van der Waals surface area contributed by atoms with Crippen molar-refractivity contribution in [3.63, 3.8) is 0 Å². The number of fused-ring (bicyclic) bond motifs is 1. The van der Waals surface area contributed by atoms with Gasteiger partial charge in [0.05, 0.1) is 17.7 Å². The fourth-order valence-electron chi connectivity index (χ4n) is 2.58. The van der Waals surface area contributed by atoms with E-state index in [4.69, 9.17) is 10.8 Å². The van der Waals surface area contributed by atoms with Crippen molar-refractivity contribution in [3.05, 3.63) is 35.0 Å². The first-order valence-corrected chi connectivity index (χ1v) is 6.81. The summed E-state index contributed by atoms with van der Waals surface area (Å²) in [6.45, 7) is 2.87. The van der Waals surface area contributed by atoms with Gasteiger partial charge in [-0.15, -0.1) is 0 Å². The van der Waals surface area contributed by atoms with Crippen molar-refractivity contribution >= 4 is 16.9 Å². The molecule has 0 amide bonds. The number of aromatic carboxylic acids is 1. The third kappa shape index (κ3) is 2.55. The minimum atomic E-state index is -0.943. The molecule has 0 radical (unpaired) electrons. The molecule has 0 aliphatic carbocycles. The van der Waals surface area contributed by atoms with Crippen molar-refractivity contribution in [2.75, 3.05) is 13.2 Å². The van der Waals surface area contributed by atoms with Gasteiger partial charge in [-0.05, 0) is 42.6 Å². The lowest BCUT2D eigenvalue weighted by Gasteiger charge is -2.08. The molecule has 0 saturated carbocycles. The molecule has 1 heterocycles. The molecule has 108 valence electrons. The maximum atomic E-state index is 11.5. The molecule has 0 aliphatic rings. The topological polar surface area (TPSA) is 88.5 Å². The Kier molecular flexibility index (Phi) is 4.42. The van der Waals surface area contributed by atoms with Gasteiger partial charge in [0, 0.05) is 18.1 Å². The van der Waals surface area contributed by atoms with Gasteiger partial charge in [-0.25, -0.2) is 4.79 Å². The van der Waals surface area contributed by atoms with Gasteiger partial charge in [-0.3, -0.25) is 0 Å². The van der Waals surface area contributed by atoms with Crippen LogP contribution in [0.15, 0.2) is 18.3 Å². The molecule has 0 unspecified atom stereocenters. The van der Waals surface area contributed by atoms with Crippen molar-refractivity contribution in [1.82, 2.24) is 4.57 Å². The highest BCUT2D eigenvalue weighted by Gasteiger charge is 2.17. The summed E-state index contributed by atoms with van der Waals surface area (Å²) in [5.74, 6) is -0.943. The first kappa shape index (κ1) is 14.6. The Hall–Kier alpha value is -1.85. The predicted molar refractivity (Wildman–Crippen MR) is 78.1 cm³/mol. The van der Waals surface area contributed by atoms with Crippen molar-refractivity contribution in [2.45, 2.75) is 26.3 Å². The SMILES string of the molecule is CCc1cc(C(=O)O)c2c(c1)c(CCN)cn2CCO. The van der Waals surface area contributed by atoms with E-state index >= 15 is 0 Å². The number of aliphatic hydroxyl groups is 1. The van der Waals surface area contributed by atoms with E-state index in [-0.39, 0.29) is 12.2 Å². The summed E-state index contributed by atoms with van der Waals surface area (Å²) < 4.78 is 1.81. The van der Waals surface area contributed by atoms with Crippen LogP contribution in [0.3, 0.4) is 0 Å². The Morgan fingerprint density at radius 1 is 1.40 bits per heavy atom. The summed E-state index contributed by atoms with van der Waals surface area (Å²) in [5.41, 5.74) is 8.62. The van der Waals surface area contributed by atoms with E-state index in [9.17, 15) is 9.90 Å². The average Bonchev–Trinajstić information content (AvgIpc) is 2.77. The number of carbonyl (C=O) groups is 1. The average molecular weight is 276 g/mol. The zero-order valence-corrected chi connectivity index (χ0v) is 11.6. The van der Waals surface area contributed by atoms with Crippen LogP contribution in [0.25, 0.3) is 10.9 Å². The number of aryl methyl sites for hydroxylation is 1. The molecule has 4 N–H and O–H groups in total. The minimum absolute atomic E-state index is 0.0273. The normalized spacial score (nSPS) is 11.2. The number of benzene rings is 1. The first-order chi connectivity index (χ1) is 9.62. The van der Waals surface area contributed by atoms with Crippen molar-refractivity contribution in [1.29, 1.82) is 0 Å². The summed E-state index contributed by atoms with van der Waals surface area (Å²) in [6.07, 6.45) is 3.38. The molecule has 0 spiro atoms. The highest BCUT2D eigenvalue weighted by atomic mass is 16.4. The molecule has 5 heteroatoms. The molecule has 0 bridgehead atoms. The van der Waals surface area contributed by atoms with Gasteiger partial charge in [-0.2, -0.15) is 0 Å². The fourth-order valence-corrected chi connectivity index (χ4v) is 2.58. The monoisotopic (exact) mass is 276 g/mol. The van der Waals surface area contributed by atoms with Crippen molar-refractivity contribution < 1.29 is 15.0 Å². The maximum Gasteiger partial charge on any atom is 0.337 e. The van der Waals surface area contributed by atoms with Crippen molar-refractivity contribution in [3.8, 4) is 0 Å². The van der Waals surface area contributed by atoms with Gasteiger partial charge >= 0.3 is 5.97 Å². The molecule has 1 aromatic carbocycles. The third-order valence-corrected chi connectivity index (χ3v) is 3.51. The number of nitrogens with zero attached hydrogens (tertiary/aromatic N) is 1. The molecular weight excluding hydrogens is 256 g/mol. The molecule has 2 aromatic rings. The zero-order valence-electron chi connectivity index (χ0n) is 11.6. The van der Waals surface area contributed by atoms with Gasteiger partial charge in [0.15, 0.2) is 0 Å². The van der Waals surface area contributed by atoms with Crippen molar-refractivity contribution in [2.24, 2.45) is 5.73 Å². The molecular formula is C15H20N2O3. The van der Waals surface area contributed by atoms with E-state index in [0.717, 1.165) is 22.9 Å². The molecule has 0 atom stereocenters. The van der Waals surface area contributed by atoms with E-state index in [1.807, 2.05) is 23.8 Å². The molecule has 1 aromatic heterocycles. The second kappa shape index (κ2) is 6.07. The van der Waals surface area contributed by atoms with Crippen LogP contribution in [-0.4, -0.2) is 33.9 Å². The Labute approximate surface area is 117 Å². The lowest BCUT2D eigenvalue weighted by Crippen LogP contribution is -2.06. The van der Waals surface area contributed by atoms with Crippen LogP contribution in [-0.2, 0) is 19.4 Å². The van der Waals surface area contributed by atoms with Crippen LogP contribution in [0, 0.1) is 0 Å². The van der Waals surface area contributed by atoms with Gasteiger partial charge in [-0.1, -0.05) is 6.92 Å². The van der Waals surface area contributed by atoms with Gasteiger partial charge in [0.25, 0.3) is 0 Å². The number of aromatic nitrogens is 1. The van der Waals surface area contributed by atoms with Crippen LogP contribution in [0.2, 0.25) is 0 Å². The van der Waals surface area contributed by atoms with Crippen LogP contribution in [0.5, 0.6) is 0 Å². The molecule has 0 aliphatic heterocycles. The summed E-state index contributed by atoms with van der Waals surface area (Å²) in [5, 5.41) is 19.5. The third-order valence-electron chi connectivity index (χ3n) is 3.51. The highest BCUT2D eigenvalue weighted by Crippen LogP contribution is 2.27. The van der Waals surface area contributed by atoms with Gasteiger partial charge < -0.3 is 20.5 Å². The Balaban J connectivity index is 2.77. The molecule has 0 fully saturated rings. The summed E-state index contributed by atoms with van der Waals surface area (Å²) in [6, 6.07) is 3.74. The first-order valence-electron chi connectivity index (χ1n) is 6.81. The van der Waals surface area contributed by atoms with E-state index in [2.05, 4.69) is 0 Å². The number of hydrogen-bond donors (Lipinski definition) is 3. The number of aliphatic hydroxyl groups excluding tert-OH is 1. The Morgan fingerprint density at radius 2 is 2.15 bits per heavy atom. The number of nitrogens with two attached hydrogens (primary N) is 1. The van der Waals surface area contributed by atoms with E-state index in [1.54, 1.807) is 6.07 Å². The Morgan fingerprint density at radius 3 is 2.70 bits per heavy atom. The summed E-state index contributed by atoms with van der Waals surface area (Å²) >= 11 is 0. The zero-order chi connectivity index (χ0) is 14.7. The summed E-state index contributed by atoms with van der Waals surface area (Å²) in [4.78, 5) is 11.5. The lowest BCUT2D eigenvalue weighted by atomic mass is 10.0. The number of carboxylic acids is 1. The van der Waals surface area contributed by atoms with E-state index < -0.39 is 5.97 Å². The van der Waals surface area contributed by atoms with Crippen LogP contribution >= 0.6 is 0 Å². The van der Waals surface area contributed by atoms with Crippen LogP contribution in [0.1, 0.15) is 28.4 Å². The number of rotatable bonds is 6. The van der Waals surface area contributed by atoms with Gasteiger partial charge in [0.2, 0.25) is 0 Å². The standard InChI is InChI=1S/C15H20N2O3/c1-2-10-7-12-11(3-4-16)9-17(5-6-18)14(12)13(8-10)15(19)20/h7-9,18H,2-6,16H2,1H3,(H,19,20). The van der Waals surface area contributed by atoms with Crippen LogP contribution in [0.4, 0.5) is 0 Å². The molecule has 2 rings (SSSR count).